The monoisotopic (exact) mass is 277 g/mol. The van der Waals surface area contributed by atoms with E-state index in [-0.39, 0.29) is 11.9 Å². The summed E-state index contributed by atoms with van der Waals surface area (Å²) in [5, 5.41) is 11.0. The summed E-state index contributed by atoms with van der Waals surface area (Å²) in [6.45, 7) is 4.99. The first-order valence-corrected chi connectivity index (χ1v) is 7.21. The molecule has 110 valence electrons. The number of hydrogen-bond donors (Lipinski definition) is 1. The van der Waals surface area contributed by atoms with Crippen molar-refractivity contribution >= 4 is 5.78 Å². The van der Waals surface area contributed by atoms with Gasteiger partial charge >= 0.3 is 0 Å². The van der Waals surface area contributed by atoms with Crippen LogP contribution < -0.4 is 0 Å². The van der Waals surface area contributed by atoms with Crippen LogP contribution in [0.4, 0.5) is 0 Å². The van der Waals surface area contributed by atoms with Gasteiger partial charge in [0.1, 0.15) is 6.04 Å². The van der Waals surface area contributed by atoms with Gasteiger partial charge in [-0.15, -0.1) is 0 Å². The Hall–Kier alpha value is -1.23. The van der Waals surface area contributed by atoms with Crippen molar-refractivity contribution in [2.24, 2.45) is 5.92 Å². The molecule has 0 amide bonds. The molecule has 1 saturated heterocycles. The molecule has 0 aliphatic carbocycles. The Morgan fingerprint density at radius 3 is 2.75 bits per heavy atom. The molecule has 0 aromatic heterocycles. The van der Waals surface area contributed by atoms with E-state index in [9.17, 15) is 10.0 Å². The van der Waals surface area contributed by atoms with E-state index in [2.05, 4.69) is 0 Å². The van der Waals surface area contributed by atoms with Gasteiger partial charge in [-0.05, 0) is 17.9 Å². The van der Waals surface area contributed by atoms with E-state index < -0.39 is 6.04 Å². The molecule has 0 unspecified atom stereocenters. The number of hydroxylamine groups is 2. The lowest BCUT2D eigenvalue weighted by molar-refractivity contribution is -0.154. The molecule has 0 spiro atoms. The second-order valence-corrected chi connectivity index (χ2v) is 5.80. The molecule has 1 aliphatic heterocycles. The van der Waals surface area contributed by atoms with Crippen LogP contribution in [0, 0.1) is 5.92 Å². The fraction of sp³-hybridized carbons (Fsp3) is 0.562. The fourth-order valence-corrected chi connectivity index (χ4v) is 2.60. The first kappa shape index (κ1) is 15.2. The van der Waals surface area contributed by atoms with Gasteiger partial charge in [0.15, 0.2) is 5.78 Å². The standard InChI is InChI=1S/C16H23NO3/c1-12(2)10-14(18)16-15(8-9-17(16)19)20-11-13-6-4-3-5-7-13/h3-7,12,15-16,19H,8-11H2,1-2H3/t15-,16-/m0/s1. The number of Topliss-reactive ketones (excluding diaryl/α,β-unsaturated/α-hetero) is 1. The molecule has 1 aromatic rings. The normalized spacial score (nSPS) is 23.4. The zero-order valence-electron chi connectivity index (χ0n) is 12.2. The zero-order valence-corrected chi connectivity index (χ0v) is 12.2. The molecule has 2 rings (SSSR count). The van der Waals surface area contributed by atoms with Crippen LogP contribution >= 0.6 is 0 Å². The minimum atomic E-state index is -0.513. The number of carbonyl (C=O) groups is 1. The highest BCUT2D eigenvalue weighted by Crippen LogP contribution is 2.23. The number of ether oxygens (including phenoxy) is 1. The lowest BCUT2D eigenvalue weighted by atomic mass is 9.99. The lowest BCUT2D eigenvalue weighted by Crippen LogP contribution is -2.41. The van der Waals surface area contributed by atoms with Gasteiger partial charge < -0.3 is 9.94 Å². The summed E-state index contributed by atoms with van der Waals surface area (Å²) in [7, 11) is 0. The molecule has 1 fully saturated rings. The van der Waals surface area contributed by atoms with Gasteiger partial charge in [0.2, 0.25) is 0 Å². The molecule has 20 heavy (non-hydrogen) atoms. The summed E-state index contributed by atoms with van der Waals surface area (Å²) in [6, 6.07) is 9.37. The lowest BCUT2D eigenvalue weighted by Gasteiger charge is -2.23. The van der Waals surface area contributed by atoms with Gasteiger partial charge in [-0.3, -0.25) is 4.79 Å². The van der Waals surface area contributed by atoms with Crippen molar-refractivity contribution in [1.29, 1.82) is 0 Å². The molecule has 1 N–H and O–H groups in total. The SMILES string of the molecule is CC(C)CC(=O)[C@H]1[C@@H](OCc2ccccc2)CCN1O. The number of rotatable bonds is 6. The first-order valence-electron chi connectivity index (χ1n) is 7.21. The zero-order chi connectivity index (χ0) is 14.5. The van der Waals surface area contributed by atoms with E-state index in [1.165, 1.54) is 0 Å². The topological polar surface area (TPSA) is 49.8 Å². The van der Waals surface area contributed by atoms with Crippen LogP contribution in [0.5, 0.6) is 0 Å². The van der Waals surface area contributed by atoms with E-state index in [0.29, 0.717) is 31.9 Å². The van der Waals surface area contributed by atoms with Gasteiger partial charge in [-0.1, -0.05) is 44.2 Å². The van der Waals surface area contributed by atoms with Gasteiger partial charge in [0, 0.05) is 13.0 Å². The summed E-state index contributed by atoms with van der Waals surface area (Å²) in [5.41, 5.74) is 1.08. The van der Waals surface area contributed by atoms with Crippen molar-refractivity contribution in [3.05, 3.63) is 35.9 Å². The van der Waals surface area contributed by atoms with Crippen molar-refractivity contribution in [2.45, 2.75) is 45.4 Å². The Morgan fingerprint density at radius 1 is 1.40 bits per heavy atom. The maximum atomic E-state index is 12.2. The third kappa shape index (κ3) is 3.88. The summed E-state index contributed by atoms with van der Waals surface area (Å²) in [4.78, 5) is 12.2. The smallest absolute Gasteiger partial charge is 0.155 e. The van der Waals surface area contributed by atoms with Gasteiger partial charge in [0.05, 0.1) is 12.7 Å². The van der Waals surface area contributed by atoms with Crippen LogP contribution in [-0.4, -0.2) is 34.7 Å². The van der Waals surface area contributed by atoms with E-state index in [0.717, 1.165) is 10.6 Å². The predicted molar refractivity (Wildman–Crippen MR) is 76.4 cm³/mol. The summed E-state index contributed by atoms with van der Waals surface area (Å²) in [6.07, 6.45) is 0.955. The molecular weight excluding hydrogens is 254 g/mol. The van der Waals surface area contributed by atoms with Crippen LogP contribution in [0.3, 0.4) is 0 Å². The third-order valence-electron chi connectivity index (χ3n) is 3.56. The highest BCUT2D eigenvalue weighted by Gasteiger charge is 2.39. The largest absolute Gasteiger partial charge is 0.371 e. The maximum Gasteiger partial charge on any atom is 0.155 e. The molecule has 1 aromatic carbocycles. The average Bonchev–Trinajstić information content (AvgIpc) is 2.78. The maximum absolute atomic E-state index is 12.2. The summed E-state index contributed by atoms with van der Waals surface area (Å²) >= 11 is 0. The Bertz CT molecular complexity index is 433. The van der Waals surface area contributed by atoms with Crippen molar-refractivity contribution < 1.29 is 14.7 Å². The van der Waals surface area contributed by atoms with E-state index in [1.54, 1.807) is 0 Å². The quantitative estimate of drug-likeness (QED) is 0.868. The molecular formula is C16H23NO3. The van der Waals surface area contributed by atoms with Crippen LogP contribution in [-0.2, 0) is 16.1 Å². The number of hydrogen-bond acceptors (Lipinski definition) is 4. The number of ketones is 1. The van der Waals surface area contributed by atoms with Crippen molar-refractivity contribution in [3.63, 3.8) is 0 Å². The molecule has 0 bridgehead atoms. The van der Waals surface area contributed by atoms with E-state index >= 15 is 0 Å². The van der Waals surface area contributed by atoms with Gasteiger partial charge in [0.25, 0.3) is 0 Å². The van der Waals surface area contributed by atoms with Gasteiger partial charge in [-0.25, -0.2) is 0 Å². The molecule has 0 radical (unpaired) electrons. The van der Waals surface area contributed by atoms with Crippen LogP contribution in [0.2, 0.25) is 0 Å². The first-order chi connectivity index (χ1) is 9.58. The highest BCUT2D eigenvalue weighted by atomic mass is 16.5. The Labute approximate surface area is 120 Å². The Balaban J connectivity index is 1.94. The molecule has 4 nitrogen and oxygen atoms in total. The van der Waals surface area contributed by atoms with Crippen molar-refractivity contribution in [3.8, 4) is 0 Å². The third-order valence-corrected chi connectivity index (χ3v) is 3.56. The average molecular weight is 277 g/mol. The fourth-order valence-electron chi connectivity index (χ4n) is 2.60. The Morgan fingerprint density at radius 2 is 2.10 bits per heavy atom. The molecule has 1 aliphatic rings. The van der Waals surface area contributed by atoms with Crippen molar-refractivity contribution in [2.75, 3.05) is 6.54 Å². The Kier molecular flexibility index (Phi) is 5.29. The summed E-state index contributed by atoms with van der Waals surface area (Å²) < 4.78 is 5.85. The molecule has 1 heterocycles. The van der Waals surface area contributed by atoms with Crippen LogP contribution in [0.25, 0.3) is 0 Å². The van der Waals surface area contributed by atoms with E-state index in [4.69, 9.17) is 4.74 Å². The number of carbonyl (C=O) groups excluding carboxylic acids is 1. The van der Waals surface area contributed by atoms with Gasteiger partial charge in [-0.2, -0.15) is 5.06 Å². The molecule has 0 saturated carbocycles. The minimum absolute atomic E-state index is 0.0676. The second-order valence-electron chi connectivity index (χ2n) is 5.80. The van der Waals surface area contributed by atoms with Crippen LogP contribution in [0.15, 0.2) is 30.3 Å². The minimum Gasteiger partial charge on any atom is -0.371 e. The molecule has 4 heteroatoms. The van der Waals surface area contributed by atoms with E-state index in [1.807, 2.05) is 44.2 Å². The van der Waals surface area contributed by atoms with Crippen LogP contribution in [0.1, 0.15) is 32.3 Å². The van der Waals surface area contributed by atoms with Crippen molar-refractivity contribution in [1.82, 2.24) is 5.06 Å². The highest BCUT2D eigenvalue weighted by molar-refractivity contribution is 5.85. The predicted octanol–water partition coefficient (Wildman–Crippen LogP) is 2.65. The molecule has 2 atom stereocenters. The number of benzene rings is 1. The number of nitrogens with zero attached hydrogens (tertiary/aromatic N) is 1. The second kappa shape index (κ2) is 6.97. The summed E-state index contributed by atoms with van der Waals surface area (Å²) in [5.74, 6) is 0.365.